The Kier molecular flexibility index (Phi) is 10.2. The van der Waals surface area contributed by atoms with E-state index < -0.39 is 12.7 Å². The summed E-state index contributed by atoms with van der Waals surface area (Å²) in [5.74, 6) is 0.732. The summed E-state index contributed by atoms with van der Waals surface area (Å²) in [5, 5.41) is -1.01. The fourth-order valence-corrected chi connectivity index (χ4v) is 2.32. The van der Waals surface area contributed by atoms with Crippen molar-refractivity contribution in [3.8, 4) is 0 Å². The monoisotopic (exact) mass is 290 g/mol. The molecule has 2 N–H and O–H groups in total. The van der Waals surface area contributed by atoms with Crippen molar-refractivity contribution in [3.63, 3.8) is 0 Å². The van der Waals surface area contributed by atoms with Gasteiger partial charge >= 0.3 is 7.60 Å². The molecule has 1 atom stereocenters. The molecule has 0 aliphatic rings. The third-order valence-electron chi connectivity index (χ3n) is 2.44. The van der Waals surface area contributed by atoms with Crippen LogP contribution in [0.4, 0.5) is 0 Å². The minimum Gasteiger partial charge on any atom is -0.323 e. The van der Waals surface area contributed by atoms with E-state index in [0.717, 1.165) is 31.6 Å². The first-order chi connectivity index (χ1) is 7.48. The Morgan fingerprint density at radius 3 is 1.81 bits per heavy atom. The zero-order valence-electron chi connectivity index (χ0n) is 9.45. The first-order valence-corrected chi connectivity index (χ1v) is 8.39. The van der Waals surface area contributed by atoms with E-state index in [2.05, 4.69) is 0 Å². The molecule has 0 radical (unpaired) electrons. The van der Waals surface area contributed by atoms with Crippen LogP contribution in [0.15, 0.2) is 0 Å². The number of hydrogen-bond acceptors (Lipinski definition) is 1. The Labute approximate surface area is 108 Å². The maximum atomic E-state index is 10.7. The van der Waals surface area contributed by atoms with Gasteiger partial charge in [0.05, 0.1) is 0 Å². The van der Waals surface area contributed by atoms with E-state index >= 15 is 0 Å². The molecule has 0 aliphatic heterocycles. The fraction of sp³-hybridized carbons (Fsp3) is 1.00. The summed E-state index contributed by atoms with van der Waals surface area (Å²) < 4.78 is 10.7. The Morgan fingerprint density at radius 2 is 1.38 bits per heavy atom. The molecule has 16 heavy (non-hydrogen) atoms. The highest BCUT2D eigenvalue weighted by atomic mass is 35.5. The SMILES string of the molecule is O=P(O)(O)C(Cl)CCCCCCCCCCl. The lowest BCUT2D eigenvalue weighted by Crippen LogP contribution is -1.99. The first-order valence-electron chi connectivity index (χ1n) is 5.73. The average Bonchev–Trinajstić information content (AvgIpc) is 2.20. The Bertz CT molecular complexity index is 208. The summed E-state index contributed by atoms with van der Waals surface area (Å²) in [6.45, 7) is 0. The quantitative estimate of drug-likeness (QED) is 0.362. The van der Waals surface area contributed by atoms with Gasteiger partial charge in [0.1, 0.15) is 5.12 Å². The van der Waals surface area contributed by atoms with Gasteiger partial charge in [-0.1, -0.05) is 38.5 Å². The standard InChI is InChI=1S/C10H21Cl2O3P/c11-9-7-5-3-1-2-4-6-8-10(12)16(13,14)15/h10H,1-9H2,(H2,13,14,15). The van der Waals surface area contributed by atoms with E-state index in [1.807, 2.05) is 0 Å². The van der Waals surface area contributed by atoms with Gasteiger partial charge in [0.15, 0.2) is 0 Å². The van der Waals surface area contributed by atoms with Crippen molar-refractivity contribution in [3.05, 3.63) is 0 Å². The zero-order chi connectivity index (χ0) is 12.4. The van der Waals surface area contributed by atoms with E-state index in [9.17, 15) is 4.57 Å². The van der Waals surface area contributed by atoms with E-state index in [-0.39, 0.29) is 0 Å². The van der Waals surface area contributed by atoms with Crippen LogP contribution in [0.25, 0.3) is 0 Å². The molecule has 0 spiro atoms. The molecule has 0 amide bonds. The number of alkyl halides is 2. The van der Waals surface area contributed by atoms with Gasteiger partial charge in [-0.25, -0.2) is 0 Å². The van der Waals surface area contributed by atoms with E-state index in [1.54, 1.807) is 0 Å². The minimum atomic E-state index is -4.08. The van der Waals surface area contributed by atoms with Crippen LogP contribution >= 0.6 is 30.8 Å². The Hall–Kier alpha value is 0.730. The molecule has 0 rings (SSSR count). The number of halogens is 2. The van der Waals surface area contributed by atoms with Gasteiger partial charge in [-0.3, -0.25) is 4.57 Å². The van der Waals surface area contributed by atoms with E-state index in [0.29, 0.717) is 6.42 Å². The van der Waals surface area contributed by atoms with Gasteiger partial charge < -0.3 is 9.79 Å². The number of hydrogen-bond donors (Lipinski definition) is 2. The van der Waals surface area contributed by atoms with Crippen LogP contribution in [0.2, 0.25) is 0 Å². The molecule has 0 aromatic heterocycles. The lowest BCUT2D eigenvalue weighted by atomic mass is 10.1. The largest absolute Gasteiger partial charge is 0.343 e. The molecule has 0 aromatic carbocycles. The lowest BCUT2D eigenvalue weighted by Gasteiger charge is -2.10. The molecule has 0 heterocycles. The Balaban J connectivity index is 3.24. The van der Waals surface area contributed by atoms with Gasteiger partial charge in [-0.05, 0) is 12.8 Å². The molecule has 1 unspecified atom stereocenters. The van der Waals surface area contributed by atoms with Gasteiger partial charge in [-0.2, -0.15) is 0 Å². The summed E-state index contributed by atoms with van der Waals surface area (Å²) in [4.78, 5) is 17.5. The maximum absolute atomic E-state index is 10.7. The highest BCUT2D eigenvalue weighted by Gasteiger charge is 2.25. The molecule has 0 aromatic rings. The van der Waals surface area contributed by atoms with E-state index in [4.69, 9.17) is 33.0 Å². The van der Waals surface area contributed by atoms with Crippen molar-refractivity contribution in [1.29, 1.82) is 0 Å². The highest BCUT2D eigenvalue weighted by Crippen LogP contribution is 2.45. The van der Waals surface area contributed by atoms with Crippen molar-refractivity contribution in [2.45, 2.75) is 56.5 Å². The summed E-state index contributed by atoms with van der Waals surface area (Å²) in [7, 11) is -4.08. The predicted octanol–water partition coefficient (Wildman–Crippen LogP) is 4.09. The van der Waals surface area contributed by atoms with Crippen LogP contribution in [0.3, 0.4) is 0 Å². The molecule has 98 valence electrons. The zero-order valence-corrected chi connectivity index (χ0v) is 11.9. The number of unbranched alkanes of at least 4 members (excludes halogenated alkanes) is 6. The molecular formula is C10H21Cl2O3P. The second-order valence-corrected chi connectivity index (χ2v) is 6.99. The molecule has 0 saturated carbocycles. The number of rotatable bonds is 10. The van der Waals surface area contributed by atoms with Gasteiger partial charge in [0, 0.05) is 5.88 Å². The molecule has 0 saturated heterocycles. The van der Waals surface area contributed by atoms with Gasteiger partial charge in [-0.15, -0.1) is 23.2 Å². The molecule has 6 heteroatoms. The summed E-state index contributed by atoms with van der Waals surface area (Å²) >= 11 is 11.1. The van der Waals surface area contributed by atoms with Crippen molar-refractivity contribution in [2.75, 3.05) is 5.88 Å². The third-order valence-corrected chi connectivity index (χ3v) is 4.68. The molecular weight excluding hydrogens is 270 g/mol. The van der Waals surface area contributed by atoms with Crippen molar-refractivity contribution in [1.82, 2.24) is 0 Å². The molecule has 0 fully saturated rings. The average molecular weight is 291 g/mol. The second kappa shape index (κ2) is 9.73. The van der Waals surface area contributed by atoms with Crippen LogP contribution in [0.1, 0.15) is 51.4 Å². The molecule has 0 bridgehead atoms. The van der Waals surface area contributed by atoms with Gasteiger partial charge in [0.25, 0.3) is 0 Å². The minimum absolute atomic E-state index is 0.396. The van der Waals surface area contributed by atoms with Crippen LogP contribution in [0, 0.1) is 0 Å². The topological polar surface area (TPSA) is 57.5 Å². The van der Waals surface area contributed by atoms with Crippen LogP contribution in [-0.4, -0.2) is 20.8 Å². The fourth-order valence-electron chi connectivity index (χ4n) is 1.46. The van der Waals surface area contributed by atoms with Crippen molar-refractivity contribution < 1.29 is 14.4 Å². The summed E-state index contributed by atoms with van der Waals surface area (Å²) in [6.07, 6.45) is 7.88. The smallest absolute Gasteiger partial charge is 0.323 e. The van der Waals surface area contributed by atoms with Crippen molar-refractivity contribution in [2.24, 2.45) is 0 Å². The summed E-state index contributed by atoms with van der Waals surface area (Å²) in [6, 6.07) is 0. The highest BCUT2D eigenvalue weighted by molar-refractivity contribution is 7.54. The molecule has 3 nitrogen and oxygen atoms in total. The Morgan fingerprint density at radius 1 is 0.938 bits per heavy atom. The maximum Gasteiger partial charge on any atom is 0.343 e. The summed E-state index contributed by atoms with van der Waals surface area (Å²) in [5.41, 5.74) is 0. The van der Waals surface area contributed by atoms with Crippen LogP contribution < -0.4 is 0 Å². The van der Waals surface area contributed by atoms with Crippen LogP contribution in [0.5, 0.6) is 0 Å². The first kappa shape index (κ1) is 16.7. The van der Waals surface area contributed by atoms with Crippen molar-refractivity contribution >= 4 is 30.8 Å². The van der Waals surface area contributed by atoms with Gasteiger partial charge in [0.2, 0.25) is 0 Å². The third kappa shape index (κ3) is 9.92. The lowest BCUT2D eigenvalue weighted by molar-refractivity contribution is 0.365. The molecule has 0 aliphatic carbocycles. The normalized spacial score (nSPS) is 14.0. The van der Waals surface area contributed by atoms with Crippen LogP contribution in [-0.2, 0) is 4.57 Å². The second-order valence-electron chi connectivity index (χ2n) is 3.98. The van der Waals surface area contributed by atoms with E-state index in [1.165, 1.54) is 19.3 Å². The predicted molar refractivity (Wildman–Crippen MR) is 69.3 cm³/mol.